The van der Waals surface area contributed by atoms with Crippen LogP contribution >= 0.6 is 9.69 Å². The monoisotopic (exact) mass is 599 g/mol. The minimum atomic E-state index is -5.84. The third-order valence-corrected chi connectivity index (χ3v) is 13.7. The SMILES string of the molecule is Cc1cc(C)[c]([Ru]([Cl])[N](C(c2ccccc2)C(N)c2ccccc2)S(=O)(=O)C(F)(F)F)c(C)c1. The van der Waals surface area contributed by atoms with Gasteiger partial charge in [0.05, 0.1) is 0 Å². The van der Waals surface area contributed by atoms with Crippen molar-refractivity contribution in [2.45, 2.75) is 38.4 Å². The molecule has 0 saturated heterocycles. The van der Waals surface area contributed by atoms with Crippen LogP contribution < -0.4 is 9.89 Å². The van der Waals surface area contributed by atoms with Crippen molar-refractivity contribution in [3.63, 3.8) is 0 Å². The number of sulfonamides is 1. The predicted octanol–water partition coefficient (Wildman–Crippen LogP) is 5.52. The molecule has 0 aliphatic heterocycles. The van der Waals surface area contributed by atoms with Crippen molar-refractivity contribution in [2.75, 3.05) is 0 Å². The predicted molar refractivity (Wildman–Crippen MR) is 126 cm³/mol. The van der Waals surface area contributed by atoms with Gasteiger partial charge in [0, 0.05) is 0 Å². The van der Waals surface area contributed by atoms with Gasteiger partial charge in [0.25, 0.3) is 0 Å². The fourth-order valence-electron chi connectivity index (χ4n) is 3.82. The second-order valence-electron chi connectivity index (χ2n) is 7.88. The van der Waals surface area contributed by atoms with Crippen LogP contribution in [0, 0.1) is 20.8 Å². The van der Waals surface area contributed by atoms with E-state index in [4.69, 9.17) is 15.4 Å². The summed E-state index contributed by atoms with van der Waals surface area (Å²) in [6, 6.07) is 17.7. The Bertz CT molecular complexity index is 1220. The summed E-state index contributed by atoms with van der Waals surface area (Å²) in [5.41, 5.74) is 3.99. The molecule has 0 spiro atoms. The number of hydrogen-bond acceptors (Lipinski definition) is 3. The summed E-state index contributed by atoms with van der Waals surface area (Å²) in [5.74, 6) is 0. The third-order valence-electron chi connectivity index (χ3n) is 5.24. The minimum absolute atomic E-state index is 0.327. The van der Waals surface area contributed by atoms with Gasteiger partial charge in [-0.2, -0.15) is 0 Å². The molecular weight excluding hydrogens is 574 g/mol. The molecule has 0 amide bonds. The molecule has 34 heavy (non-hydrogen) atoms. The molecule has 0 radical (unpaired) electrons. The zero-order valence-electron chi connectivity index (χ0n) is 18.7. The number of rotatable bonds is 7. The maximum absolute atomic E-state index is 14.1. The Kier molecular flexibility index (Phi) is 8.26. The number of aryl methyl sites for hydroxylation is 3. The van der Waals surface area contributed by atoms with E-state index in [2.05, 4.69) is 0 Å². The first-order valence-electron chi connectivity index (χ1n) is 10.2. The van der Waals surface area contributed by atoms with E-state index < -0.39 is 42.8 Å². The van der Waals surface area contributed by atoms with Crippen molar-refractivity contribution in [2.24, 2.45) is 5.73 Å². The van der Waals surface area contributed by atoms with E-state index in [1.54, 1.807) is 86.6 Å². The topological polar surface area (TPSA) is 63.4 Å². The molecule has 185 valence electrons. The number of halogens is 4. The van der Waals surface area contributed by atoms with E-state index in [0.29, 0.717) is 29.5 Å². The van der Waals surface area contributed by atoms with Gasteiger partial charge in [0.1, 0.15) is 0 Å². The molecule has 2 atom stereocenters. The second-order valence-corrected chi connectivity index (χ2v) is 14.4. The van der Waals surface area contributed by atoms with Gasteiger partial charge in [-0.3, -0.25) is 0 Å². The number of alkyl halides is 3. The van der Waals surface area contributed by atoms with Gasteiger partial charge in [0.2, 0.25) is 0 Å². The van der Waals surface area contributed by atoms with E-state index >= 15 is 0 Å². The van der Waals surface area contributed by atoms with Crippen molar-refractivity contribution >= 4 is 23.9 Å². The summed E-state index contributed by atoms with van der Waals surface area (Å²) in [7, 11) is 0.992. The molecule has 10 heteroatoms. The van der Waals surface area contributed by atoms with Gasteiger partial charge in [-0.25, -0.2) is 0 Å². The van der Waals surface area contributed by atoms with Crippen LogP contribution in [0.2, 0.25) is 0 Å². The summed E-state index contributed by atoms with van der Waals surface area (Å²) in [6.07, 6.45) is 0. The molecule has 2 N–H and O–H groups in total. The van der Waals surface area contributed by atoms with Gasteiger partial charge in [0.15, 0.2) is 0 Å². The van der Waals surface area contributed by atoms with E-state index in [9.17, 15) is 21.6 Å². The van der Waals surface area contributed by atoms with Crippen molar-refractivity contribution in [3.05, 3.63) is 101 Å². The Morgan fingerprint density at radius 3 is 1.76 bits per heavy atom. The third kappa shape index (κ3) is 5.39. The Morgan fingerprint density at radius 2 is 1.32 bits per heavy atom. The zero-order chi connectivity index (χ0) is 25.3. The van der Waals surface area contributed by atoms with Gasteiger partial charge in [-0.05, 0) is 0 Å². The van der Waals surface area contributed by atoms with Gasteiger partial charge < -0.3 is 0 Å². The molecule has 0 heterocycles. The normalized spacial score (nSPS) is 14.7. The molecule has 0 aromatic heterocycles. The van der Waals surface area contributed by atoms with E-state index in [1.165, 1.54) is 0 Å². The first-order chi connectivity index (χ1) is 15.9. The molecule has 0 aliphatic rings. The van der Waals surface area contributed by atoms with Crippen LogP contribution in [0.25, 0.3) is 0 Å². The summed E-state index contributed by atoms with van der Waals surface area (Å²) < 4.78 is 69.3. The van der Waals surface area contributed by atoms with Crippen molar-refractivity contribution in [3.8, 4) is 0 Å². The van der Waals surface area contributed by atoms with Crippen molar-refractivity contribution in [1.29, 1.82) is 0 Å². The molecule has 4 nitrogen and oxygen atoms in total. The van der Waals surface area contributed by atoms with Crippen LogP contribution in [0.15, 0.2) is 72.8 Å². The quantitative estimate of drug-likeness (QED) is 0.365. The van der Waals surface area contributed by atoms with Gasteiger partial charge in [-0.1, -0.05) is 0 Å². The van der Waals surface area contributed by atoms with Crippen LogP contribution in [-0.4, -0.2) is 17.0 Å². The van der Waals surface area contributed by atoms with Gasteiger partial charge >= 0.3 is 208 Å². The first kappa shape index (κ1) is 26.8. The fraction of sp³-hybridized carbons (Fsp3) is 0.250. The van der Waals surface area contributed by atoms with Crippen LogP contribution in [0.3, 0.4) is 0 Å². The molecule has 2 unspecified atom stereocenters. The molecule has 0 bridgehead atoms. The van der Waals surface area contributed by atoms with Crippen LogP contribution in [0.4, 0.5) is 13.2 Å². The Balaban J connectivity index is 2.32. The summed E-state index contributed by atoms with van der Waals surface area (Å²) in [5, 5.41) is 0. The molecular formula is C24H25ClF3N2O2RuS. The number of nitrogens with zero attached hydrogens (tertiary/aromatic N) is 1. The summed E-state index contributed by atoms with van der Waals surface area (Å²) >= 11 is -3.55. The molecule has 3 aromatic carbocycles. The Morgan fingerprint density at radius 1 is 0.882 bits per heavy atom. The second kappa shape index (κ2) is 10.5. The maximum atomic E-state index is 14.1. The standard InChI is InChI=1S/C15H14F3N2O2S.C9H11.ClH.Ru/c16-15(17,18)23(21,22)20-14(12-9-5-2-6-10-12)13(19)11-7-3-1-4-8-11;1-7-4-8(2)6-9(3)5-7;;/h1-10,13-14H,19H2;4-5H,1-3H3;1H;/q-1;;;+2/p-1. The average molecular weight is 599 g/mol. The Labute approximate surface area is 207 Å². The summed E-state index contributed by atoms with van der Waals surface area (Å²) in [4.78, 5) is 0. The van der Waals surface area contributed by atoms with E-state index in [-0.39, 0.29) is 0 Å². The zero-order valence-corrected chi connectivity index (χ0v) is 22.0. The van der Waals surface area contributed by atoms with E-state index in [1.807, 2.05) is 6.92 Å². The molecule has 3 aromatic rings. The van der Waals surface area contributed by atoms with Gasteiger partial charge in [-0.15, -0.1) is 0 Å². The van der Waals surface area contributed by atoms with Crippen LogP contribution in [0.1, 0.15) is 39.9 Å². The first-order valence-corrected chi connectivity index (χ1v) is 15.6. The molecule has 0 saturated carbocycles. The number of nitrogens with two attached hydrogens (primary N) is 1. The molecule has 3 rings (SSSR count). The molecule has 0 aliphatic carbocycles. The fourth-order valence-corrected chi connectivity index (χ4v) is 12.3. The van der Waals surface area contributed by atoms with Crippen molar-refractivity contribution in [1.82, 2.24) is 3.05 Å². The Hall–Kier alpha value is -1.77. The molecule has 0 fully saturated rings. The van der Waals surface area contributed by atoms with Crippen LogP contribution in [-0.2, 0) is 25.2 Å². The van der Waals surface area contributed by atoms with E-state index in [0.717, 1.165) is 5.56 Å². The number of benzene rings is 3. The number of hydrogen-bond donors (Lipinski definition) is 1. The summed E-state index contributed by atoms with van der Waals surface area (Å²) in [6.45, 7) is 5.31. The van der Waals surface area contributed by atoms with Crippen LogP contribution in [0.5, 0.6) is 0 Å². The average Bonchev–Trinajstić information content (AvgIpc) is 2.76. The van der Waals surface area contributed by atoms with Crippen molar-refractivity contribution < 1.29 is 36.8 Å².